The van der Waals surface area contributed by atoms with Gasteiger partial charge in [-0.25, -0.2) is 9.59 Å². The number of aromatic amines is 1. The summed E-state index contributed by atoms with van der Waals surface area (Å²) in [6.45, 7) is 1.92. The Morgan fingerprint density at radius 3 is 2.90 bits per heavy atom. The number of nitrogens with zero attached hydrogens (tertiary/aromatic N) is 1. The summed E-state index contributed by atoms with van der Waals surface area (Å²) >= 11 is 0. The van der Waals surface area contributed by atoms with E-state index in [1.54, 1.807) is 23.0 Å². The summed E-state index contributed by atoms with van der Waals surface area (Å²) < 4.78 is 6.92. The lowest BCUT2D eigenvalue weighted by Gasteiger charge is -2.12. The van der Waals surface area contributed by atoms with E-state index in [9.17, 15) is 9.59 Å². The molecule has 0 aliphatic rings. The highest BCUT2D eigenvalue weighted by Gasteiger charge is 2.16. The van der Waals surface area contributed by atoms with Gasteiger partial charge in [-0.1, -0.05) is 0 Å². The molecule has 0 radical (unpaired) electrons. The number of hydrogen-bond acceptors (Lipinski definition) is 3. The zero-order valence-corrected chi connectivity index (χ0v) is 11.4. The molecule has 0 amide bonds. The van der Waals surface area contributed by atoms with Crippen molar-refractivity contribution in [1.82, 2.24) is 9.55 Å². The summed E-state index contributed by atoms with van der Waals surface area (Å²) in [5.41, 5.74) is 1.09. The summed E-state index contributed by atoms with van der Waals surface area (Å²) in [5.74, 6) is -0.222. The minimum absolute atomic E-state index is 0.104. The molecule has 2 heterocycles. The summed E-state index contributed by atoms with van der Waals surface area (Å²) in [6, 6.07) is 8.17. The maximum absolute atomic E-state index is 12.1. The first-order chi connectivity index (χ1) is 10.1. The van der Waals surface area contributed by atoms with Gasteiger partial charge in [0.15, 0.2) is 0 Å². The van der Waals surface area contributed by atoms with Crippen LogP contribution in [0.4, 0.5) is 0 Å². The Morgan fingerprint density at radius 2 is 2.24 bits per heavy atom. The van der Waals surface area contributed by atoms with Gasteiger partial charge in [0.05, 0.1) is 22.9 Å². The van der Waals surface area contributed by atoms with Gasteiger partial charge in [0.25, 0.3) is 0 Å². The number of carboxylic acids is 1. The predicted octanol–water partition coefficient (Wildman–Crippen LogP) is 2.42. The highest BCUT2D eigenvalue weighted by atomic mass is 16.4. The van der Waals surface area contributed by atoms with Crippen molar-refractivity contribution in [3.05, 3.63) is 58.4 Å². The van der Waals surface area contributed by atoms with Crippen LogP contribution in [0.25, 0.3) is 11.0 Å². The van der Waals surface area contributed by atoms with Crippen LogP contribution in [0.1, 0.15) is 29.1 Å². The molecule has 3 rings (SSSR count). The normalized spacial score (nSPS) is 12.6. The van der Waals surface area contributed by atoms with E-state index in [2.05, 4.69) is 4.98 Å². The van der Waals surface area contributed by atoms with Gasteiger partial charge in [0.1, 0.15) is 5.76 Å². The number of furan rings is 1. The third-order valence-electron chi connectivity index (χ3n) is 3.48. The van der Waals surface area contributed by atoms with Crippen molar-refractivity contribution in [1.29, 1.82) is 0 Å². The number of aromatic carboxylic acids is 1. The molecule has 0 aliphatic heterocycles. The third kappa shape index (κ3) is 2.35. The summed E-state index contributed by atoms with van der Waals surface area (Å²) in [5, 5.41) is 8.99. The highest BCUT2D eigenvalue weighted by Crippen LogP contribution is 2.19. The number of hydrogen-bond donors (Lipinski definition) is 2. The second-order valence-corrected chi connectivity index (χ2v) is 4.97. The Bertz CT molecular complexity index is 842. The molecule has 0 aliphatic carbocycles. The number of rotatable bonds is 4. The van der Waals surface area contributed by atoms with Gasteiger partial charge in [0, 0.05) is 12.5 Å². The molecule has 0 saturated carbocycles. The molecular weight excluding hydrogens is 272 g/mol. The maximum Gasteiger partial charge on any atom is 0.335 e. The fourth-order valence-corrected chi connectivity index (χ4v) is 2.51. The molecule has 1 atom stereocenters. The molecule has 6 nitrogen and oxygen atoms in total. The van der Waals surface area contributed by atoms with Crippen LogP contribution >= 0.6 is 0 Å². The fraction of sp³-hybridized carbons (Fsp3) is 0.200. The average Bonchev–Trinajstić information content (AvgIpc) is 3.03. The molecule has 6 heteroatoms. The zero-order chi connectivity index (χ0) is 15.0. The predicted molar refractivity (Wildman–Crippen MR) is 76.6 cm³/mol. The summed E-state index contributed by atoms with van der Waals surface area (Å²) in [6.07, 6.45) is 2.18. The van der Waals surface area contributed by atoms with Gasteiger partial charge in [-0.2, -0.15) is 0 Å². The average molecular weight is 286 g/mol. The van der Waals surface area contributed by atoms with Crippen molar-refractivity contribution in [2.45, 2.75) is 19.4 Å². The van der Waals surface area contributed by atoms with Crippen LogP contribution in [0.15, 0.2) is 45.8 Å². The first-order valence-corrected chi connectivity index (χ1v) is 6.56. The first-order valence-electron chi connectivity index (χ1n) is 6.56. The number of carbonyl (C=O) groups is 1. The SMILES string of the molecule is CC(Cc1ccco1)n1c(=O)[nH]c2cc(C(=O)O)ccc21. The molecule has 0 bridgehead atoms. The Balaban J connectivity index is 2.04. The van der Waals surface area contributed by atoms with Crippen LogP contribution in [-0.4, -0.2) is 20.6 Å². The monoisotopic (exact) mass is 286 g/mol. The lowest BCUT2D eigenvalue weighted by molar-refractivity contribution is 0.0697. The number of aromatic nitrogens is 2. The first kappa shape index (κ1) is 13.2. The molecule has 1 unspecified atom stereocenters. The molecule has 1 aromatic carbocycles. The smallest absolute Gasteiger partial charge is 0.335 e. The highest BCUT2D eigenvalue weighted by molar-refractivity contribution is 5.92. The number of nitrogens with one attached hydrogen (secondary N) is 1. The van der Waals surface area contributed by atoms with Gasteiger partial charge in [-0.3, -0.25) is 4.57 Å². The third-order valence-corrected chi connectivity index (χ3v) is 3.48. The molecule has 3 aromatic rings. The second kappa shape index (κ2) is 4.97. The van der Waals surface area contributed by atoms with Crippen molar-refractivity contribution >= 4 is 17.0 Å². The molecule has 108 valence electrons. The minimum atomic E-state index is -1.02. The number of H-pyrrole nitrogens is 1. The largest absolute Gasteiger partial charge is 0.478 e. The van der Waals surface area contributed by atoms with Crippen LogP contribution in [-0.2, 0) is 6.42 Å². The van der Waals surface area contributed by atoms with Gasteiger partial charge in [-0.05, 0) is 37.3 Å². The van der Waals surface area contributed by atoms with Gasteiger partial charge < -0.3 is 14.5 Å². The molecule has 0 saturated heterocycles. The Hall–Kier alpha value is -2.76. The van der Waals surface area contributed by atoms with E-state index in [4.69, 9.17) is 9.52 Å². The van der Waals surface area contributed by atoms with E-state index in [1.807, 2.05) is 13.0 Å². The van der Waals surface area contributed by atoms with E-state index in [1.165, 1.54) is 12.1 Å². The van der Waals surface area contributed by atoms with E-state index in [0.29, 0.717) is 17.5 Å². The number of benzene rings is 1. The summed E-state index contributed by atoms with van der Waals surface area (Å²) in [4.78, 5) is 25.8. The van der Waals surface area contributed by atoms with Crippen LogP contribution in [0.5, 0.6) is 0 Å². The Morgan fingerprint density at radius 1 is 1.43 bits per heavy atom. The molecule has 0 spiro atoms. The fourth-order valence-electron chi connectivity index (χ4n) is 2.51. The standard InChI is InChI=1S/C15H14N2O4/c1-9(7-11-3-2-6-21-11)17-13-5-4-10(14(18)19)8-12(13)16-15(17)20/h2-6,8-9H,7H2,1H3,(H,16,20)(H,18,19). The van der Waals surface area contributed by atoms with Gasteiger partial charge in [0.2, 0.25) is 0 Å². The zero-order valence-electron chi connectivity index (χ0n) is 11.4. The maximum atomic E-state index is 12.1. The van der Waals surface area contributed by atoms with E-state index in [0.717, 1.165) is 5.76 Å². The molecule has 2 aromatic heterocycles. The molecule has 21 heavy (non-hydrogen) atoms. The van der Waals surface area contributed by atoms with Crippen LogP contribution < -0.4 is 5.69 Å². The van der Waals surface area contributed by atoms with Crippen molar-refractivity contribution in [3.8, 4) is 0 Å². The Labute approximate surface area is 119 Å². The van der Waals surface area contributed by atoms with E-state index in [-0.39, 0.29) is 17.3 Å². The van der Waals surface area contributed by atoms with E-state index < -0.39 is 5.97 Å². The van der Waals surface area contributed by atoms with Gasteiger partial charge in [-0.15, -0.1) is 0 Å². The van der Waals surface area contributed by atoms with Crippen molar-refractivity contribution < 1.29 is 14.3 Å². The van der Waals surface area contributed by atoms with Crippen LogP contribution in [0.3, 0.4) is 0 Å². The number of fused-ring (bicyclic) bond motifs is 1. The topological polar surface area (TPSA) is 88.2 Å². The number of imidazole rings is 1. The lowest BCUT2D eigenvalue weighted by Crippen LogP contribution is -2.21. The second-order valence-electron chi connectivity index (χ2n) is 4.97. The molecule has 2 N–H and O–H groups in total. The van der Waals surface area contributed by atoms with Crippen molar-refractivity contribution in [3.63, 3.8) is 0 Å². The van der Waals surface area contributed by atoms with E-state index >= 15 is 0 Å². The Kier molecular flexibility index (Phi) is 3.13. The van der Waals surface area contributed by atoms with Crippen molar-refractivity contribution in [2.24, 2.45) is 0 Å². The van der Waals surface area contributed by atoms with Crippen molar-refractivity contribution in [2.75, 3.05) is 0 Å². The minimum Gasteiger partial charge on any atom is -0.478 e. The summed E-state index contributed by atoms with van der Waals surface area (Å²) in [7, 11) is 0. The lowest BCUT2D eigenvalue weighted by atomic mass is 10.1. The van der Waals surface area contributed by atoms with Crippen LogP contribution in [0, 0.1) is 0 Å². The molecule has 0 fully saturated rings. The van der Waals surface area contributed by atoms with Gasteiger partial charge >= 0.3 is 11.7 Å². The molecular formula is C15H14N2O4. The number of carboxylic acid groups (broad SMARTS) is 1. The quantitative estimate of drug-likeness (QED) is 0.771. The van der Waals surface area contributed by atoms with Crippen LogP contribution in [0.2, 0.25) is 0 Å².